The first-order valence-electron chi connectivity index (χ1n) is 8.02. The summed E-state index contributed by atoms with van der Waals surface area (Å²) in [6, 6.07) is 0. The molecule has 0 saturated heterocycles. The van der Waals surface area contributed by atoms with E-state index in [-0.39, 0.29) is 24.1 Å². The summed E-state index contributed by atoms with van der Waals surface area (Å²) in [4.78, 5) is 45.7. The van der Waals surface area contributed by atoms with Crippen LogP contribution in [0.15, 0.2) is 12.2 Å². The number of unbranched alkanes of at least 4 members (excludes halogenated alkanes) is 4. The lowest BCUT2D eigenvalue weighted by atomic mass is 10.1. The van der Waals surface area contributed by atoms with Gasteiger partial charge in [-0.2, -0.15) is 0 Å². The molecule has 0 saturated carbocycles. The number of nitrogens with zero attached hydrogens (tertiary/aromatic N) is 1. The highest BCUT2D eigenvalue weighted by molar-refractivity contribution is 6.12. The van der Waals surface area contributed by atoms with Crippen LogP contribution in [0.5, 0.6) is 0 Å². The summed E-state index contributed by atoms with van der Waals surface area (Å²) in [5, 5.41) is 11.3. The van der Waals surface area contributed by atoms with Gasteiger partial charge in [-0.05, 0) is 25.7 Å². The molecule has 1 aliphatic heterocycles. The molecule has 23 heavy (non-hydrogen) atoms. The summed E-state index contributed by atoms with van der Waals surface area (Å²) < 4.78 is 0. The Hall–Kier alpha value is -2.18. The summed E-state index contributed by atoms with van der Waals surface area (Å²) in [5.41, 5.74) is 0. The van der Waals surface area contributed by atoms with Crippen LogP contribution in [0.2, 0.25) is 0 Å². The van der Waals surface area contributed by atoms with Crippen molar-refractivity contribution in [3.05, 3.63) is 12.2 Å². The van der Waals surface area contributed by atoms with Crippen LogP contribution in [0.25, 0.3) is 0 Å². The molecule has 1 aliphatic rings. The van der Waals surface area contributed by atoms with Crippen LogP contribution in [-0.4, -0.2) is 46.8 Å². The van der Waals surface area contributed by atoms with Gasteiger partial charge in [-0.3, -0.25) is 24.1 Å². The van der Waals surface area contributed by atoms with Gasteiger partial charge in [0.1, 0.15) is 0 Å². The molecule has 0 aromatic heterocycles. The molecule has 2 N–H and O–H groups in total. The highest BCUT2D eigenvalue weighted by atomic mass is 16.4. The smallest absolute Gasteiger partial charge is 0.303 e. The van der Waals surface area contributed by atoms with Gasteiger partial charge in [-0.1, -0.05) is 12.8 Å². The maximum atomic E-state index is 11.6. The number of carbonyl (C=O) groups excluding carboxylic acids is 3. The summed E-state index contributed by atoms with van der Waals surface area (Å²) in [6.45, 7) is 0.969. The van der Waals surface area contributed by atoms with Crippen LogP contribution in [0.4, 0.5) is 0 Å². The van der Waals surface area contributed by atoms with Gasteiger partial charge in [0.2, 0.25) is 5.91 Å². The lowest BCUT2D eigenvalue weighted by molar-refractivity contribution is -0.138. The zero-order chi connectivity index (χ0) is 17.1. The molecule has 0 aromatic carbocycles. The van der Waals surface area contributed by atoms with E-state index in [9.17, 15) is 19.2 Å². The summed E-state index contributed by atoms with van der Waals surface area (Å²) in [6.07, 6.45) is 7.54. The van der Waals surface area contributed by atoms with E-state index < -0.39 is 5.97 Å². The molecule has 3 amide bonds. The Labute approximate surface area is 135 Å². The van der Waals surface area contributed by atoms with Crippen molar-refractivity contribution in [1.29, 1.82) is 0 Å². The number of nitrogens with one attached hydrogen (secondary N) is 1. The third kappa shape index (κ3) is 8.13. The predicted octanol–water partition coefficient (Wildman–Crippen LogP) is 1.23. The Balaban J connectivity index is 1.93. The van der Waals surface area contributed by atoms with Gasteiger partial charge in [-0.25, -0.2) is 0 Å². The molecule has 0 radical (unpaired) electrons. The van der Waals surface area contributed by atoms with Gasteiger partial charge in [-0.15, -0.1) is 0 Å². The Morgan fingerprint density at radius 3 is 2.17 bits per heavy atom. The molecular weight excluding hydrogens is 300 g/mol. The molecule has 7 nitrogen and oxygen atoms in total. The minimum atomic E-state index is -0.790. The zero-order valence-electron chi connectivity index (χ0n) is 13.3. The maximum Gasteiger partial charge on any atom is 0.303 e. The molecule has 0 fully saturated rings. The molecule has 0 aromatic rings. The lowest BCUT2D eigenvalue weighted by Gasteiger charge is -2.13. The van der Waals surface area contributed by atoms with E-state index in [1.54, 1.807) is 0 Å². The zero-order valence-corrected chi connectivity index (χ0v) is 13.3. The first-order valence-corrected chi connectivity index (χ1v) is 8.02. The average molecular weight is 324 g/mol. The number of hydrogen-bond acceptors (Lipinski definition) is 4. The van der Waals surface area contributed by atoms with Crippen molar-refractivity contribution < 1.29 is 24.3 Å². The third-order valence-electron chi connectivity index (χ3n) is 3.58. The lowest BCUT2D eigenvalue weighted by Crippen LogP contribution is -2.30. The number of carboxylic acids is 1. The fraction of sp³-hybridized carbons (Fsp3) is 0.625. The number of hydrogen-bond donors (Lipinski definition) is 2. The molecule has 0 bridgehead atoms. The molecular formula is C16H24N2O5. The maximum absolute atomic E-state index is 11.6. The van der Waals surface area contributed by atoms with Gasteiger partial charge in [0, 0.05) is 38.1 Å². The second kappa shape index (κ2) is 10.5. The van der Waals surface area contributed by atoms with Crippen molar-refractivity contribution in [2.24, 2.45) is 0 Å². The number of carbonyl (C=O) groups is 4. The van der Waals surface area contributed by atoms with Crippen molar-refractivity contribution in [2.75, 3.05) is 13.1 Å². The average Bonchev–Trinajstić information content (AvgIpc) is 2.81. The molecule has 0 unspecified atom stereocenters. The van der Waals surface area contributed by atoms with Crippen molar-refractivity contribution >= 4 is 23.7 Å². The Kier molecular flexibility index (Phi) is 8.64. The summed E-state index contributed by atoms with van der Waals surface area (Å²) >= 11 is 0. The molecule has 7 heteroatoms. The Morgan fingerprint density at radius 1 is 0.913 bits per heavy atom. The summed E-state index contributed by atoms with van der Waals surface area (Å²) in [7, 11) is 0. The normalized spacial score (nSPS) is 13.7. The van der Waals surface area contributed by atoms with Crippen LogP contribution in [-0.2, 0) is 19.2 Å². The number of carboxylic acid groups (broad SMARTS) is 1. The van der Waals surface area contributed by atoms with Crippen molar-refractivity contribution in [3.63, 3.8) is 0 Å². The largest absolute Gasteiger partial charge is 0.481 e. The van der Waals surface area contributed by atoms with Crippen LogP contribution < -0.4 is 5.32 Å². The van der Waals surface area contributed by atoms with Crippen LogP contribution in [0.3, 0.4) is 0 Å². The van der Waals surface area contributed by atoms with Gasteiger partial charge in [0.25, 0.3) is 11.8 Å². The quantitative estimate of drug-likeness (QED) is 0.415. The third-order valence-corrected chi connectivity index (χ3v) is 3.58. The second-order valence-corrected chi connectivity index (χ2v) is 5.53. The van der Waals surface area contributed by atoms with Gasteiger partial charge >= 0.3 is 5.97 Å². The molecule has 1 rings (SSSR count). The minimum Gasteiger partial charge on any atom is -0.481 e. The molecule has 0 aliphatic carbocycles. The number of imide groups is 1. The second-order valence-electron chi connectivity index (χ2n) is 5.53. The van der Waals surface area contributed by atoms with E-state index in [1.165, 1.54) is 17.1 Å². The SMILES string of the molecule is O=C(O)CCCCCNC(=O)CCCCCN1C(=O)C=CC1=O. The summed E-state index contributed by atoms with van der Waals surface area (Å²) in [5.74, 6) is -1.34. The van der Waals surface area contributed by atoms with Crippen LogP contribution in [0.1, 0.15) is 51.4 Å². The van der Waals surface area contributed by atoms with E-state index in [4.69, 9.17) is 5.11 Å². The Morgan fingerprint density at radius 2 is 1.52 bits per heavy atom. The monoisotopic (exact) mass is 324 g/mol. The van der Waals surface area contributed by atoms with E-state index in [2.05, 4.69) is 5.32 Å². The molecule has 0 atom stereocenters. The molecule has 0 spiro atoms. The number of rotatable bonds is 12. The van der Waals surface area contributed by atoms with E-state index in [0.717, 1.165) is 19.3 Å². The highest BCUT2D eigenvalue weighted by Crippen LogP contribution is 2.07. The standard InChI is InChI=1S/C16H24N2O5/c19-13(17-11-5-1-4-8-16(22)23)7-3-2-6-12-18-14(20)9-10-15(18)21/h9-10H,1-8,11-12H2,(H,17,19)(H,22,23). The number of amides is 3. The van der Waals surface area contributed by atoms with Crippen molar-refractivity contribution in [1.82, 2.24) is 10.2 Å². The number of aliphatic carboxylic acids is 1. The van der Waals surface area contributed by atoms with E-state index in [1.807, 2.05) is 0 Å². The van der Waals surface area contributed by atoms with Gasteiger partial charge in [0.05, 0.1) is 0 Å². The van der Waals surface area contributed by atoms with Crippen molar-refractivity contribution in [2.45, 2.75) is 51.4 Å². The topological polar surface area (TPSA) is 104 Å². The highest BCUT2D eigenvalue weighted by Gasteiger charge is 2.22. The molecule has 1 heterocycles. The predicted molar refractivity (Wildman–Crippen MR) is 83.4 cm³/mol. The van der Waals surface area contributed by atoms with E-state index >= 15 is 0 Å². The fourth-order valence-electron chi connectivity index (χ4n) is 2.28. The Bertz CT molecular complexity index is 455. The fourth-order valence-corrected chi connectivity index (χ4v) is 2.28. The van der Waals surface area contributed by atoms with Gasteiger partial charge in [0.15, 0.2) is 0 Å². The minimum absolute atomic E-state index is 0.0155. The first-order chi connectivity index (χ1) is 11.0. The van der Waals surface area contributed by atoms with Crippen LogP contribution in [0, 0.1) is 0 Å². The van der Waals surface area contributed by atoms with E-state index in [0.29, 0.717) is 38.8 Å². The first kappa shape index (κ1) is 18.9. The molecule has 128 valence electrons. The van der Waals surface area contributed by atoms with Crippen LogP contribution >= 0.6 is 0 Å². The van der Waals surface area contributed by atoms with Crippen molar-refractivity contribution in [3.8, 4) is 0 Å². The van der Waals surface area contributed by atoms with Gasteiger partial charge < -0.3 is 10.4 Å².